The van der Waals surface area contributed by atoms with Crippen molar-refractivity contribution in [2.24, 2.45) is 0 Å². The summed E-state index contributed by atoms with van der Waals surface area (Å²) in [7, 11) is 1.69. The highest BCUT2D eigenvalue weighted by Crippen LogP contribution is 2.19. The first-order valence-electron chi connectivity index (χ1n) is 6.97. The van der Waals surface area contributed by atoms with E-state index in [0.29, 0.717) is 13.0 Å². The highest BCUT2D eigenvalue weighted by molar-refractivity contribution is 6.01. The molecule has 6 nitrogen and oxygen atoms in total. The molecular formula is C14H23N3O3. The summed E-state index contributed by atoms with van der Waals surface area (Å²) in [5.74, 6) is -0.678. The molecule has 1 aliphatic heterocycles. The Hall–Kier alpha value is -1.85. The fourth-order valence-electron chi connectivity index (χ4n) is 2.17. The number of nitrogens with one attached hydrogen (secondary N) is 1. The summed E-state index contributed by atoms with van der Waals surface area (Å²) < 4.78 is 0. The molecule has 0 aliphatic carbocycles. The summed E-state index contributed by atoms with van der Waals surface area (Å²) in [6, 6.07) is -0.832. The third kappa shape index (κ3) is 3.59. The summed E-state index contributed by atoms with van der Waals surface area (Å²) in [6.07, 6.45) is 3.31. The predicted molar refractivity (Wildman–Crippen MR) is 75.8 cm³/mol. The molecule has 0 radical (unpaired) electrons. The molecule has 1 rings (SSSR count). The number of carbonyl (C=O) groups is 3. The zero-order valence-corrected chi connectivity index (χ0v) is 12.6. The van der Waals surface area contributed by atoms with Crippen LogP contribution in [-0.4, -0.2) is 47.3 Å². The fraction of sp³-hybridized carbons (Fsp3) is 0.643. The van der Waals surface area contributed by atoms with Crippen LogP contribution in [0.1, 0.15) is 40.0 Å². The van der Waals surface area contributed by atoms with E-state index >= 15 is 0 Å². The van der Waals surface area contributed by atoms with Gasteiger partial charge in [0.25, 0.3) is 0 Å². The van der Waals surface area contributed by atoms with Crippen LogP contribution in [0.3, 0.4) is 0 Å². The second-order valence-electron chi connectivity index (χ2n) is 4.89. The molecule has 0 saturated carbocycles. The third-order valence-corrected chi connectivity index (χ3v) is 3.41. The Bertz CT molecular complexity index is 431. The number of hydrogen-bond acceptors (Lipinski definition) is 3. The van der Waals surface area contributed by atoms with Crippen molar-refractivity contribution < 1.29 is 14.4 Å². The maximum absolute atomic E-state index is 12.5. The number of piperidine rings is 1. The van der Waals surface area contributed by atoms with Crippen molar-refractivity contribution in [2.45, 2.75) is 46.1 Å². The molecule has 0 spiro atoms. The molecule has 1 heterocycles. The lowest BCUT2D eigenvalue weighted by Crippen LogP contribution is -2.55. The molecule has 0 bridgehead atoms. The fourth-order valence-corrected chi connectivity index (χ4v) is 2.17. The van der Waals surface area contributed by atoms with E-state index in [-0.39, 0.29) is 18.4 Å². The molecule has 6 heteroatoms. The van der Waals surface area contributed by atoms with Gasteiger partial charge in [-0.05, 0) is 26.7 Å². The molecule has 20 heavy (non-hydrogen) atoms. The van der Waals surface area contributed by atoms with Crippen LogP contribution < -0.4 is 5.32 Å². The number of carbonyl (C=O) groups excluding carboxylic acids is 3. The number of hydrogen-bond donors (Lipinski definition) is 1. The summed E-state index contributed by atoms with van der Waals surface area (Å²) in [6.45, 7) is 6.22. The van der Waals surface area contributed by atoms with Crippen molar-refractivity contribution in [1.82, 2.24) is 15.1 Å². The number of imide groups is 1. The molecule has 1 N–H and O–H groups in total. The first kappa shape index (κ1) is 16.2. The standard InChI is InChI=1S/C14H23N3O3/c1-5-7-10(3)17(14(20)16(4)6-2)11-8-9-12(18)15-13(11)19/h7,11H,5-6,8-9H2,1-4H3,(H,15,18,19). The summed E-state index contributed by atoms with van der Waals surface area (Å²) in [5, 5.41) is 2.30. The monoisotopic (exact) mass is 281 g/mol. The summed E-state index contributed by atoms with van der Waals surface area (Å²) in [4.78, 5) is 38.7. The van der Waals surface area contributed by atoms with Gasteiger partial charge in [-0.25, -0.2) is 4.79 Å². The second-order valence-corrected chi connectivity index (χ2v) is 4.89. The van der Waals surface area contributed by atoms with E-state index in [4.69, 9.17) is 0 Å². The molecule has 1 atom stereocenters. The van der Waals surface area contributed by atoms with Crippen molar-refractivity contribution in [3.05, 3.63) is 11.8 Å². The van der Waals surface area contributed by atoms with Gasteiger partial charge in [-0.1, -0.05) is 13.0 Å². The van der Waals surface area contributed by atoms with Crippen LogP contribution in [0, 0.1) is 0 Å². The molecule has 112 valence electrons. The summed E-state index contributed by atoms with van der Waals surface area (Å²) >= 11 is 0. The number of nitrogens with zero attached hydrogens (tertiary/aromatic N) is 2. The Balaban J connectivity index is 3.04. The van der Waals surface area contributed by atoms with Gasteiger partial charge in [-0.3, -0.25) is 19.8 Å². The van der Waals surface area contributed by atoms with Gasteiger partial charge in [0, 0.05) is 25.7 Å². The lowest BCUT2D eigenvalue weighted by molar-refractivity contribution is -0.136. The van der Waals surface area contributed by atoms with Crippen molar-refractivity contribution in [1.29, 1.82) is 0 Å². The van der Waals surface area contributed by atoms with Crippen LogP contribution in [0.5, 0.6) is 0 Å². The van der Waals surface area contributed by atoms with Crippen LogP contribution >= 0.6 is 0 Å². The Morgan fingerprint density at radius 1 is 1.40 bits per heavy atom. The van der Waals surface area contributed by atoms with E-state index in [1.54, 1.807) is 11.9 Å². The number of allylic oxidation sites excluding steroid dienone is 2. The largest absolute Gasteiger partial charge is 0.328 e. The number of urea groups is 1. The van der Waals surface area contributed by atoms with Gasteiger partial charge in [-0.15, -0.1) is 0 Å². The van der Waals surface area contributed by atoms with Gasteiger partial charge < -0.3 is 4.90 Å². The van der Waals surface area contributed by atoms with Gasteiger partial charge in [0.2, 0.25) is 11.8 Å². The van der Waals surface area contributed by atoms with Crippen LogP contribution in [-0.2, 0) is 9.59 Å². The zero-order valence-electron chi connectivity index (χ0n) is 12.6. The molecular weight excluding hydrogens is 258 g/mol. The quantitative estimate of drug-likeness (QED) is 0.793. The van der Waals surface area contributed by atoms with Gasteiger partial charge in [0.15, 0.2) is 0 Å². The van der Waals surface area contributed by atoms with Crippen LogP contribution in [0.2, 0.25) is 0 Å². The normalized spacial score (nSPS) is 19.6. The number of amides is 4. The lowest BCUT2D eigenvalue weighted by Gasteiger charge is -2.35. The van der Waals surface area contributed by atoms with Crippen molar-refractivity contribution >= 4 is 17.8 Å². The first-order chi connectivity index (χ1) is 9.42. The SMILES string of the molecule is CCC=C(C)N(C(=O)N(C)CC)C1CCC(=O)NC1=O. The Morgan fingerprint density at radius 2 is 2.05 bits per heavy atom. The topological polar surface area (TPSA) is 69.7 Å². The van der Waals surface area contributed by atoms with Gasteiger partial charge in [0.05, 0.1) is 0 Å². The first-order valence-corrected chi connectivity index (χ1v) is 6.97. The molecule has 1 saturated heterocycles. The third-order valence-electron chi connectivity index (χ3n) is 3.41. The van der Waals surface area contributed by atoms with Crippen LogP contribution in [0.4, 0.5) is 4.79 Å². The molecule has 1 aliphatic rings. The highest BCUT2D eigenvalue weighted by atomic mass is 16.2. The van der Waals surface area contributed by atoms with Crippen LogP contribution in [0.15, 0.2) is 11.8 Å². The Kier molecular flexibility index (Phi) is 5.73. The Labute approximate surface area is 119 Å². The van der Waals surface area contributed by atoms with Gasteiger partial charge >= 0.3 is 6.03 Å². The molecule has 0 aromatic heterocycles. The van der Waals surface area contributed by atoms with Crippen molar-refractivity contribution in [2.75, 3.05) is 13.6 Å². The van der Waals surface area contributed by atoms with Crippen molar-refractivity contribution in [3.8, 4) is 0 Å². The minimum atomic E-state index is -0.614. The van der Waals surface area contributed by atoms with Crippen molar-refractivity contribution in [3.63, 3.8) is 0 Å². The highest BCUT2D eigenvalue weighted by Gasteiger charge is 2.36. The minimum Gasteiger partial charge on any atom is -0.328 e. The van der Waals surface area contributed by atoms with Gasteiger partial charge in [0.1, 0.15) is 6.04 Å². The maximum atomic E-state index is 12.5. The molecule has 1 fully saturated rings. The predicted octanol–water partition coefficient (Wildman–Crippen LogP) is 1.48. The zero-order chi connectivity index (χ0) is 15.3. The van der Waals surface area contributed by atoms with E-state index < -0.39 is 11.9 Å². The van der Waals surface area contributed by atoms with E-state index in [1.807, 2.05) is 26.8 Å². The van der Waals surface area contributed by atoms with E-state index in [1.165, 1.54) is 4.90 Å². The smallest absolute Gasteiger partial charge is 0.324 e. The summed E-state index contributed by atoms with van der Waals surface area (Å²) in [5.41, 5.74) is 0.743. The molecule has 0 aromatic carbocycles. The second kappa shape index (κ2) is 7.07. The van der Waals surface area contributed by atoms with Crippen LogP contribution in [0.25, 0.3) is 0 Å². The van der Waals surface area contributed by atoms with E-state index in [0.717, 1.165) is 12.1 Å². The number of rotatable bonds is 4. The minimum absolute atomic E-state index is 0.218. The van der Waals surface area contributed by atoms with E-state index in [2.05, 4.69) is 5.32 Å². The maximum Gasteiger partial charge on any atom is 0.324 e. The average Bonchev–Trinajstić information content (AvgIpc) is 2.40. The lowest BCUT2D eigenvalue weighted by atomic mass is 10.0. The van der Waals surface area contributed by atoms with Gasteiger partial charge in [-0.2, -0.15) is 0 Å². The molecule has 1 unspecified atom stereocenters. The molecule has 0 aromatic rings. The molecule has 4 amide bonds. The van der Waals surface area contributed by atoms with E-state index in [9.17, 15) is 14.4 Å². The Morgan fingerprint density at radius 3 is 2.55 bits per heavy atom. The average molecular weight is 281 g/mol.